The quantitative estimate of drug-likeness (QED) is 0.146. The van der Waals surface area contributed by atoms with E-state index < -0.39 is 127 Å². The van der Waals surface area contributed by atoms with Crippen LogP contribution in [0.3, 0.4) is 0 Å². The van der Waals surface area contributed by atoms with E-state index in [9.17, 15) is 47.9 Å². The van der Waals surface area contributed by atoms with Crippen molar-refractivity contribution in [3.63, 3.8) is 0 Å². The van der Waals surface area contributed by atoms with Crippen LogP contribution in [-0.4, -0.2) is 205 Å². The van der Waals surface area contributed by atoms with Gasteiger partial charge in [-0.25, -0.2) is 0 Å². The van der Waals surface area contributed by atoms with Gasteiger partial charge >= 0.3 is 0 Å². The number of hydrogen-bond acceptors (Lipinski definition) is 12. The Morgan fingerprint density at radius 2 is 1.00 bits per heavy atom. The zero-order valence-corrected chi connectivity index (χ0v) is 36.8. The molecule has 10 amide bonds. The molecule has 0 radical (unpaired) electrons. The minimum absolute atomic E-state index is 0.206. The van der Waals surface area contributed by atoms with E-state index in [2.05, 4.69) is 21.3 Å². The van der Waals surface area contributed by atoms with Crippen LogP contribution in [0.25, 0.3) is 0 Å². The molecule has 0 aromatic carbocycles. The summed E-state index contributed by atoms with van der Waals surface area (Å²) in [5.41, 5.74) is 11.0. The van der Waals surface area contributed by atoms with Gasteiger partial charge in [-0.05, 0) is 58.3 Å². The van der Waals surface area contributed by atoms with Crippen LogP contribution in [-0.2, 0) is 47.9 Å². The van der Waals surface area contributed by atoms with Gasteiger partial charge in [0.15, 0.2) is 0 Å². The highest BCUT2D eigenvalue weighted by Crippen LogP contribution is 2.20. The van der Waals surface area contributed by atoms with E-state index in [1.807, 2.05) is 0 Å². The van der Waals surface area contributed by atoms with Crippen molar-refractivity contribution in [3.05, 3.63) is 0 Å². The first-order valence-electron chi connectivity index (χ1n) is 20.7. The van der Waals surface area contributed by atoms with Gasteiger partial charge < -0.3 is 62.1 Å². The smallest absolute Gasteiger partial charge is 0.245 e. The maximum Gasteiger partial charge on any atom is 0.245 e. The van der Waals surface area contributed by atoms with Crippen molar-refractivity contribution in [1.29, 1.82) is 0 Å². The molecule has 0 aromatic heterocycles. The number of nitrogens with zero attached hydrogens (tertiary/aromatic N) is 6. The van der Waals surface area contributed by atoms with Crippen molar-refractivity contribution in [2.24, 2.45) is 17.4 Å². The number of carbonyl (C=O) groups is 10. The van der Waals surface area contributed by atoms with E-state index in [0.29, 0.717) is 38.5 Å². The second kappa shape index (κ2) is 21.9. The van der Waals surface area contributed by atoms with Gasteiger partial charge in [-0.15, -0.1) is 0 Å². The van der Waals surface area contributed by atoms with E-state index in [1.54, 1.807) is 13.8 Å². The lowest BCUT2D eigenvalue weighted by atomic mass is 9.99. The van der Waals surface area contributed by atoms with Gasteiger partial charge in [0.05, 0.1) is 26.2 Å². The molecule has 8 N–H and O–H groups in total. The number of nitrogens with two attached hydrogens (primary N) is 2. The maximum absolute atomic E-state index is 13.6. The molecule has 3 heterocycles. The molecule has 0 unspecified atom stereocenters. The van der Waals surface area contributed by atoms with Crippen LogP contribution in [0.5, 0.6) is 0 Å². The number of carbonyl (C=O) groups excluding carboxylic acids is 10. The van der Waals surface area contributed by atoms with Crippen LogP contribution in [0, 0.1) is 5.92 Å². The zero-order valence-electron chi connectivity index (χ0n) is 36.8. The standard InChI is InChI=1S/C39H66N12O10/c1-23(2)32-35(58)42-17-24(40)36(59)50-15-11-9-13-26(50)33(56)44-20-29(53)47(6)22-31(55)49(8)39(3,4)38(61)45-18-25(41)37(60)51-16-12-10-14-27(51)34(57)43-19-28(52)46(5)21-30(54)48(32)7/h23-27,32H,9-22,40-41H2,1-8H3,(H,42,58)(H,43,57)(H,44,56)(H,45,61)/t24-,25-,26+,27+,32+/m1/s1. The fourth-order valence-corrected chi connectivity index (χ4v) is 7.45. The summed E-state index contributed by atoms with van der Waals surface area (Å²) in [6.45, 7) is 4.29. The van der Waals surface area contributed by atoms with Gasteiger partial charge in [-0.1, -0.05) is 13.8 Å². The third-order valence-electron chi connectivity index (χ3n) is 11.7. The van der Waals surface area contributed by atoms with Crippen molar-refractivity contribution in [1.82, 2.24) is 50.7 Å². The predicted molar refractivity (Wildman–Crippen MR) is 220 cm³/mol. The molecule has 0 aliphatic carbocycles. The van der Waals surface area contributed by atoms with Crippen molar-refractivity contribution in [3.8, 4) is 0 Å². The second-order valence-corrected chi connectivity index (χ2v) is 16.9. The third-order valence-corrected chi connectivity index (χ3v) is 11.7. The first kappa shape index (κ1) is 50.0. The summed E-state index contributed by atoms with van der Waals surface area (Å²) in [7, 11) is 5.51. The first-order valence-corrected chi connectivity index (χ1v) is 20.7. The summed E-state index contributed by atoms with van der Waals surface area (Å²) in [6.07, 6.45) is 3.02. The number of amides is 10. The van der Waals surface area contributed by atoms with Gasteiger partial charge in [-0.3, -0.25) is 47.9 Å². The Morgan fingerprint density at radius 3 is 1.44 bits per heavy atom. The largest absolute Gasteiger partial charge is 0.352 e. The summed E-state index contributed by atoms with van der Waals surface area (Å²) in [6, 6.07) is -5.44. The van der Waals surface area contributed by atoms with E-state index in [0.717, 1.165) is 14.7 Å². The molecule has 3 saturated heterocycles. The van der Waals surface area contributed by atoms with E-state index in [-0.39, 0.29) is 26.2 Å². The Kier molecular flexibility index (Phi) is 18.0. The number of piperidine rings is 2. The van der Waals surface area contributed by atoms with E-state index >= 15 is 0 Å². The lowest BCUT2D eigenvalue weighted by molar-refractivity contribution is -0.147. The van der Waals surface area contributed by atoms with Crippen molar-refractivity contribution >= 4 is 59.1 Å². The van der Waals surface area contributed by atoms with Crippen LogP contribution in [0.1, 0.15) is 66.2 Å². The molecular formula is C39H66N12O10. The van der Waals surface area contributed by atoms with Crippen LogP contribution < -0.4 is 32.7 Å². The molecule has 22 heteroatoms. The SMILES string of the molecule is CC(C)[C@H]1C(=O)NC[C@@H](N)C(=O)N2CCCC[C@H]2C(=O)NCC(=O)N(C)CC(=O)N(C)C(C)(C)C(=O)NC[C@@H](N)C(=O)N2CCCC[C@H]2C(=O)NCC(=O)N(C)CC(=O)N1C. The van der Waals surface area contributed by atoms with Crippen LogP contribution >= 0.6 is 0 Å². The molecule has 0 bridgehead atoms. The van der Waals surface area contributed by atoms with Gasteiger partial charge in [0.25, 0.3) is 0 Å². The number of fused-ring (bicyclic) bond motifs is 2. The average molecular weight is 863 g/mol. The lowest BCUT2D eigenvalue weighted by Crippen LogP contribution is -2.61. The Balaban J connectivity index is 1.85. The van der Waals surface area contributed by atoms with Crippen molar-refractivity contribution < 1.29 is 47.9 Å². The Morgan fingerprint density at radius 1 is 0.574 bits per heavy atom. The summed E-state index contributed by atoms with van der Waals surface area (Å²) in [4.78, 5) is 141. The molecular weight excluding hydrogens is 797 g/mol. The Hall–Kier alpha value is -5.38. The normalized spacial score (nSPS) is 27.7. The van der Waals surface area contributed by atoms with Crippen LogP contribution in [0.15, 0.2) is 0 Å². The highest BCUT2D eigenvalue weighted by molar-refractivity contribution is 5.96. The van der Waals surface area contributed by atoms with Crippen molar-refractivity contribution in [2.45, 2.75) is 102 Å². The molecule has 0 saturated carbocycles. The highest BCUT2D eigenvalue weighted by atomic mass is 16.2. The summed E-state index contributed by atoms with van der Waals surface area (Å²) in [5, 5.41) is 10.4. The molecule has 342 valence electrons. The fraction of sp³-hybridized carbons (Fsp3) is 0.744. The lowest BCUT2D eigenvalue weighted by Gasteiger charge is -2.37. The van der Waals surface area contributed by atoms with Crippen molar-refractivity contribution in [2.75, 3.05) is 80.5 Å². The molecule has 3 aliphatic rings. The molecule has 5 atom stereocenters. The third kappa shape index (κ3) is 12.8. The molecule has 3 rings (SSSR count). The Bertz CT molecular complexity index is 1690. The minimum atomic E-state index is -1.47. The topological polar surface area (TPSA) is 290 Å². The van der Waals surface area contributed by atoms with E-state index in [1.165, 1.54) is 56.7 Å². The maximum atomic E-state index is 13.6. The monoisotopic (exact) mass is 863 g/mol. The summed E-state index contributed by atoms with van der Waals surface area (Å²) in [5.74, 6) is -6.48. The van der Waals surface area contributed by atoms with Gasteiger partial charge in [0.1, 0.15) is 35.7 Å². The number of likely N-dealkylation sites (N-methyl/N-ethyl adjacent to an activating group) is 4. The zero-order chi connectivity index (χ0) is 45.9. The average Bonchev–Trinajstić information content (AvgIpc) is 3.23. The van der Waals surface area contributed by atoms with Gasteiger partial charge in [0.2, 0.25) is 59.1 Å². The molecule has 3 aliphatic heterocycles. The predicted octanol–water partition coefficient (Wildman–Crippen LogP) is -4.48. The number of nitrogens with one attached hydrogen (secondary N) is 4. The van der Waals surface area contributed by atoms with Crippen LogP contribution in [0.2, 0.25) is 0 Å². The number of hydrogen-bond donors (Lipinski definition) is 6. The highest BCUT2D eigenvalue weighted by Gasteiger charge is 2.40. The van der Waals surface area contributed by atoms with Gasteiger partial charge in [0, 0.05) is 54.4 Å². The molecule has 61 heavy (non-hydrogen) atoms. The molecule has 3 fully saturated rings. The molecule has 22 nitrogen and oxygen atoms in total. The summed E-state index contributed by atoms with van der Waals surface area (Å²) < 4.78 is 0. The number of rotatable bonds is 1. The summed E-state index contributed by atoms with van der Waals surface area (Å²) >= 11 is 0. The molecule has 0 spiro atoms. The molecule has 0 aromatic rings. The second-order valence-electron chi connectivity index (χ2n) is 16.9. The van der Waals surface area contributed by atoms with Crippen LogP contribution in [0.4, 0.5) is 0 Å². The first-order chi connectivity index (χ1) is 28.5. The minimum Gasteiger partial charge on any atom is -0.352 e. The van der Waals surface area contributed by atoms with Gasteiger partial charge in [-0.2, -0.15) is 0 Å². The Labute approximate surface area is 357 Å². The van der Waals surface area contributed by atoms with E-state index in [4.69, 9.17) is 11.5 Å². The fourth-order valence-electron chi connectivity index (χ4n) is 7.45.